The van der Waals surface area contributed by atoms with Gasteiger partial charge in [-0.15, -0.1) is 11.8 Å². The highest BCUT2D eigenvalue weighted by Crippen LogP contribution is 2.17. The molecule has 0 heterocycles. The molecule has 138 valence electrons. The van der Waals surface area contributed by atoms with Crippen molar-refractivity contribution in [2.45, 2.75) is 10.9 Å². The van der Waals surface area contributed by atoms with Gasteiger partial charge in [0.05, 0.1) is 0 Å². The molecule has 0 fully saturated rings. The number of nitrogens with one attached hydrogen (secondary N) is 1. The summed E-state index contributed by atoms with van der Waals surface area (Å²) in [7, 11) is 0. The zero-order valence-corrected chi connectivity index (χ0v) is 16.1. The van der Waals surface area contributed by atoms with Crippen LogP contribution in [0.5, 0.6) is 0 Å². The average Bonchev–Trinajstić information content (AvgIpc) is 2.74. The van der Waals surface area contributed by atoms with Gasteiger partial charge in [0, 0.05) is 28.3 Å². The van der Waals surface area contributed by atoms with Crippen LogP contribution in [0.3, 0.4) is 0 Å². The maximum Gasteiger partial charge on any atom is 0.275 e. The Morgan fingerprint density at radius 3 is 1.89 bits per heavy atom. The number of hydrogen-bond donors (Lipinski definition) is 2. The normalized spacial score (nSPS) is 10.7. The van der Waals surface area contributed by atoms with Crippen molar-refractivity contribution in [1.29, 1.82) is 0 Å². The number of nitrogens with two attached hydrogens (primary N) is 1. The summed E-state index contributed by atoms with van der Waals surface area (Å²) in [6.45, 7) is 1.08. The van der Waals surface area contributed by atoms with Gasteiger partial charge in [-0.2, -0.15) is 0 Å². The molecule has 27 heavy (non-hydrogen) atoms. The number of thioether (sulfide) groups is 1. The first kappa shape index (κ1) is 19.2. The Balaban J connectivity index is 1.49. The molecule has 0 aromatic heterocycles. The second-order valence-electron chi connectivity index (χ2n) is 6.25. The number of carbonyl (C=O) groups is 1. The number of benzene rings is 3. The molecule has 0 aliphatic heterocycles. The lowest BCUT2D eigenvalue weighted by Gasteiger charge is -2.16. The second kappa shape index (κ2) is 10.6. The van der Waals surface area contributed by atoms with Crippen LogP contribution in [0.2, 0.25) is 0 Å². The van der Waals surface area contributed by atoms with Crippen LogP contribution in [0.1, 0.15) is 17.2 Å². The van der Waals surface area contributed by atoms with E-state index in [1.807, 2.05) is 54.6 Å². The summed E-state index contributed by atoms with van der Waals surface area (Å²) in [6.07, 6.45) is 0. The third kappa shape index (κ3) is 6.27. The minimum Gasteiger partial charge on any atom is -0.350 e. The zero-order chi connectivity index (χ0) is 18.7. The molecule has 0 aliphatic carbocycles. The Morgan fingerprint density at radius 1 is 0.815 bits per heavy atom. The highest BCUT2D eigenvalue weighted by molar-refractivity contribution is 7.99. The molecule has 0 radical (unpaired) electrons. The number of hydrogen-bond acceptors (Lipinski definition) is 2. The molecule has 3 rings (SSSR count). The molecule has 0 spiro atoms. The first-order chi connectivity index (χ1) is 13.3. The number of quaternary nitrogens is 1. The quantitative estimate of drug-likeness (QED) is 0.444. The van der Waals surface area contributed by atoms with E-state index in [9.17, 15) is 4.79 Å². The molecular weight excluding hydrogens is 352 g/mol. The minimum atomic E-state index is 0.0699. The van der Waals surface area contributed by atoms with Crippen molar-refractivity contribution >= 4 is 17.7 Å². The maximum absolute atomic E-state index is 12.3. The Hall–Kier alpha value is -2.56. The zero-order valence-electron chi connectivity index (χ0n) is 15.3. The van der Waals surface area contributed by atoms with Gasteiger partial charge in [0.25, 0.3) is 5.91 Å². The van der Waals surface area contributed by atoms with E-state index in [-0.39, 0.29) is 11.9 Å². The fourth-order valence-electron chi connectivity index (χ4n) is 2.96. The fraction of sp³-hybridized carbons (Fsp3) is 0.174. The Bertz CT molecular complexity index is 770. The van der Waals surface area contributed by atoms with Gasteiger partial charge in [-0.1, -0.05) is 78.9 Å². The van der Waals surface area contributed by atoms with E-state index in [0.717, 1.165) is 5.75 Å². The summed E-state index contributed by atoms with van der Waals surface area (Å²) in [5, 5.41) is 5.12. The summed E-state index contributed by atoms with van der Waals surface area (Å²) in [5.41, 5.74) is 2.41. The van der Waals surface area contributed by atoms with Crippen molar-refractivity contribution in [3.05, 3.63) is 102 Å². The lowest BCUT2D eigenvalue weighted by molar-refractivity contribution is -0.676. The molecule has 3 aromatic carbocycles. The molecule has 3 nitrogen and oxygen atoms in total. The van der Waals surface area contributed by atoms with Gasteiger partial charge in [-0.05, 0) is 12.1 Å². The summed E-state index contributed by atoms with van der Waals surface area (Å²) < 4.78 is 0. The lowest BCUT2D eigenvalue weighted by Crippen LogP contribution is -2.87. The predicted octanol–water partition coefficient (Wildman–Crippen LogP) is 3.25. The van der Waals surface area contributed by atoms with Crippen molar-refractivity contribution < 1.29 is 10.1 Å². The topological polar surface area (TPSA) is 45.7 Å². The van der Waals surface area contributed by atoms with Crippen LogP contribution in [-0.2, 0) is 4.79 Å². The van der Waals surface area contributed by atoms with E-state index in [1.54, 1.807) is 11.8 Å². The van der Waals surface area contributed by atoms with E-state index in [1.165, 1.54) is 16.0 Å². The Labute approximate surface area is 165 Å². The smallest absolute Gasteiger partial charge is 0.275 e. The summed E-state index contributed by atoms with van der Waals surface area (Å²) in [4.78, 5) is 13.5. The van der Waals surface area contributed by atoms with Crippen molar-refractivity contribution in [3.63, 3.8) is 0 Å². The van der Waals surface area contributed by atoms with Crippen LogP contribution >= 0.6 is 11.8 Å². The standard InChI is InChI=1S/C23H24N2OS/c26-22(24-16-17-27-21-14-8-3-9-15-21)18-25-23(19-10-4-1-5-11-19)20-12-6-2-7-13-20/h1-15,23,25H,16-18H2,(H,24,26)/p+1. The van der Waals surface area contributed by atoms with Crippen LogP contribution in [0, 0.1) is 0 Å². The highest BCUT2D eigenvalue weighted by atomic mass is 32.2. The van der Waals surface area contributed by atoms with Gasteiger partial charge >= 0.3 is 0 Å². The van der Waals surface area contributed by atoms with Crippen LogP contribution in [0.15, 0.2) is 95.9 Å². The average molecular weight is 378 g/mol. The van der Waals surface area contributed by atoms with Gasteiger partial charge in [0.15, 0.2) is 6.54 Å². The molecule has 0 saturated carbocycles. The summed E-state index contributed by atoms with van der Waals surface area (Å²) in [5.74, 6) is 0.942. The lowest BCUT2D eigenvalue weighted by atomic mass is 9.99. The van der Waals surface area contributed by atoms with Crippen molar-refractivity contribution in [1.82, 2.24) is 5.32 Å². The summed E-state index contributed by atoms with van der Waals surface area (Å²) in [6, 6.07) is 31.0. The van der Waals surface area contributed by atoms with E-state index < -0.39 is 0 Å². The first-order valence-corrected chi connectivity index (χ1v) is 10.2. The highest BCUT2D eigenvalue weighted by Gasteiger charge is 2.18. The molecular formula is C23H25N2OS+. The molecule has 0 saturated heterocycles. The van der Waals surface area contributed by atoms with Gasteiger partial charge in [-0.3, -0.25) is 4.79 Å². The van der Waals surface area contributed by atoms with Crippen LogP contribution in [-0.4, -0.2) is 24.7 Å². The number of amides is 1. The Kier molecular flexibility index (Phi) is 7.51. The molecule has 4 heteroatoms. The SMILES string of the molecule is O=C(C[NH2+]C(c1ccccc1)c1ccccc1)NCCSc1ccccc1. The fourth-order valence-corrected chi connectivity index (χ4v) is 3.75. The van der Waals surface area contributed by atoms with E-state index in [2.05, 4.69) is 47.0 Å². The third-order valence-electron chi connectivity index (χ3n) is 4.29. The minimum absolute atomic E-state index is 0.0699. The monoisotopic (exact) mass is 377 g/mol. The van der Waals surface area contributed by atoms with Gasteiger partial charge in [0.2, 0.25) is 0 Å². The molecule has 0 unspecified atom stereocenters. The molecule has 0 atom stereocenters. The molecule has 1 amide bonds. The number of carbonyl (C=O) groups excluding carboxylic acids is 1. The maximum atomic E-state index is 12.3. The summed E-state index contributed by atoms with van der Waals surface area (Å²) >= 11 is 1.76. The first-order valence-electron chi connectivity index (χ1n) is 9.21. The van der Waals surface area contributed by atoms with Crippen molar-refractivity contribution in [2.75, 3.05) is 18.8 Å². The van der Waals surface area contributed by atoms with Gasteiger partial charge in [0.1, 0.15) is 6.04 Å². The second-order valence-corrected chi connectivity index (χ2v) is 7.42. The van der Waals surface area contributed by atoms with Crippen LogP contribution < -0.4 is 10.6 Å². The van der Waals surface area contributed by atoms with Gasteiger partial charge < -0.3 is 10.6 Å². The van der Waals surface area contributed by atoms with E-state index in [0.29, 0.717) is 13.1 Å². The largest absolute Gasteiger partial charge is 0.350 e. The molecule has 3 aromatic rings. The van der Waals surface area contributed by atoms with E-state index in [4.69, 9.17) is 0 Å². The van der Waals surface area contributed by atoms with Crippen LogP contribution in [0.4, 0.5) is 0 Å². The van der Waals surface area contributed by atoms with E-state index >= 15 is 0 Å². The predicted molar refractivity (Wildman–Crippen MR) is 112 cm³/mol. The number of rotatable bonds is 9. The molecule has 3 N–H and O–H groups in total. The van der Waals surface area contributed by atoms with Crippen molar-refractivity contribution in [2.24, 2.45) is 0 Å². The van der Waals surface area contributed by atoms with Gasteiger partial charge in [-0.25, -0.2) is 0 Å². The molecule has 0 bridgehead atoms. The van der Waals surface area contributed by atoms with Crippen molar-refractivity contribution in [3.8, 4) is 0 Å². The third-order valence-corrected chi connectivity index (χ3v) is 5.31. The molecule has 0 aliphatic rings. The van der Waals surface area contributed by atoms with Crippen LogP contribution in [0.25, 0.3) is 0 Å². The Morgan fingerprint density at radius 2 is 1.33 bits per heavy atom.